The largest absolute Gasteiger partial charge is 0.488 e. The van der Waals surface area contributed by atoms with Gasteiger partial charge in [0.25, 0.3) is 5.69 Å². The van der Waals surface area contributed by atoms with E-state index in [2.05, 4.69) is 0 Å². The number of hydrogen-bond acceptors (Lipinski definition) is 4. The van der Waals surface area contributed by atoms with Gasteiger partial charge < -0.3 is 9.47 Å². The van der Waals surface area contributed by atoms with E-state index in [-0.39, 0.29) is 17.4 Å². The van der Waals surface area contributed by atoms with Gasteiger partial charge in [-0.1, -0.05) is 24.4 Å². The minimum Gasteiger partial charge on any atom is -0.488 e. The van der Waals surface area contributed by atoms with Crippen molar-refractivity contribution in [1.29, 1.82) is 0 Å². The van der Waals surface area contributed by atoms with Crippen molar-refractivity contribution in [3.05, 3.63) is 33.3 Å². The molecule has 1 aromatic rings. The Morgan fingerprint density at radius 1 is 1.38 bits per heavy atom. The molecule has 0 amide bonds. The Morgan fingerprint density at radius 3 is 2.86 bits per heavy atom. The Balaban J connectivity index is 1.74. The van der Waals surface area contributed by atoms with E-state index in [1.807, 2.05) is 0 Å². The van der Waals surface area contributed by atoms with Crippen molar-refractivity contribution >= 4 is 17.3 Å². The highest BCUT2D eigenvalue weighted by atomic mass is 35.5. The van der Waals surface area contributed by atoms with Crippen LogP contribution in [-0.2, 0) is 4.74 Å². The average molecular weight is 312 g/mol. The molecule has 1 unspecified atom stereocenters. The van der Waals surface area contributed by atoms with Crippen LogP contribution in [0.2, 0.25) is 5.02 Å². The van der Waals surface area contributed by atoms with E-state index in [0.29, 0.717) is 17.4 Å². The molecule has 2 fully saturated rings. The van der Waals surface area contributed by atoms with Gasteiger partial charge in [-0.25, -0.2) is 0 Å². The van der Waals surface area contributed by atoms with E-state index in [1.54, 1.807) is 0 Å². The Bertz CT molecular complexity index is 542. The van der Waals surface area contributed by atoms with E-state index < -0.39 is 4.92 Å². The number of nitro benzene ring substituents is 1. The van der Waals surface area contributed by atoms with Crippen LogP contribution in [-0.4, -0.2) is 23.2 Å². The van der Waals surface area contributed by atoms with E-state index >= 15 is 0 Å². The van der Waals surface area contributed by atoms with Crippen molar-refractivity contribution in [2.45, 2.75) is 50.2 Å². The summed E-state index contributed by atoms with van der Waals surface area (Å²) in [5.41, 5.74) is -0.0483. The lowest BCUT2D eigenvalue weighted by Crippen LogP contribution is -2.41. The summed E-state index contributed by atoms with van der Waals surface area (Å²) in [4.78, 5) is 10.4. The first kappa shape index (κ1) is 14.6. The molecule has 1 aromatic carbocycles. The van der Waals surface area contributed by atoms with Gasteiger partial charge in [0.1, 0.15) is 11.9 Å². The van der Waals surface area contributed by atoms with Crippen molar-refractivity contribution in [3.63, 3.8) is 0 Å². The molecule has 1 aliphatic heterocycles. The number of halogens is 1. The van der Waals surface area contributed by atoms with Gasteiger partial charge >= 0.3 is 0 Å². The predicted molar refractivity (Wildman–Crippen MR) is 78.9 cm³/mol. The smallest absolute Gasteiger partial charge is 0.273 e. The van der Waals surface area contributed by atoms with Crippen LogP contribution in [0.3, 0.4) is 0 Å². The number of benzene rings is 1. The lowest BCUT2D eigenvalue weighted by atomic mass is 9.90. The summed E-state index contributed by atoms with van der Waals surface area (Å²) in [6.45, 7) is 0.678. The molecule has 0 N–H and O–H groups in total. The Morgan fingerprint density at radius 2 is 2.14 bits per heavy atom. The van der Waals surface area contributed by atoms with Gasteiger partial charge in [0, 0.05) is 18.9 Å². The van der Waals surface area contributed by atoms with Gasteiger partial charge in [-0.15, -0.1) is 0 Å². The lowest BCUT2D eigenvalue weighted by molar-refractivity contribution is -0.385. The molecule has 1 spiro atoms. The highest BCUT2D eigenvalue weighted by Gasteiger charge is 2.40. The molecule has 1 saturated carbocycles. The number of hydrogen-bond donors (Lipinski definition) is 0. The first-order valence-electron chi connectivity index (χ1n) is 7.33. The van der Waals surface area contributed by atoms with E-state index in [4.69, 9.17) is 21.1 Å². The van der Waals surface area contributed by atoms with Crippen LogP contribution in [0.4, 0.5) is 5.69 Å². The zero-order valence-electron chi connectivity index (χ0n) is 11.7. The van der Waals surface area contributed by atoms with Gasteiger partial charge in [-0.3, -0.25) is 10.1 Å². The third kappa shape index (κ3) is 3.14. The molecule has 1 heterocycles. The Hall–Kier alpha value is -1.33. The zero-order valence-corrected chi connectivity index (χ0v) is 12.5. The molecule has 21 heavy (non-hydrogen) atoms. The normalized spacial score (nSPS) is 24.1. The fraction of sp³-hybridized carbons (Fsp3) is 0.600. The van der Waals surface area contributed by atoms with Gasteiger partial charge in [0.2, 0.25) is 0 Å². The topological polar surface area (TPSA) is 61.6 Å². The van der Waals surface area contributed by atoms with Crippen molar-refractivity contribution in [2.75, 3.05) is 6.61 Å². The minimum atomic E-state index is -0.439. The summed E-state index contributed by atoms with van der Waals surface area (Å²) in [6, 6.07) is 4.30. The number of nitro groups is 1. The quantitative estimate of drug-likeness (QED) is 0.622. The Kier molecular flexibility index (Phi) is 4.04. The summed E-state index contributed by atoms with van der Waals surface area (Å²) in [7, 11) is 0. The van der Waals surface area contributed by atoms with Crippen LogP contribution >= 0.6 is 11.6 Å². The molecule has 6 heteroatoms. The first-order chi connectivity index (χ1) is 10.1. The van der Waals surface area contributed by atoms with Crippen LogP contribution in [0.1, 0.15) is 38.5 Å². The van der Waals surface area contributed by atoms with Crippen molar-refractivity contribution in [3.8, 4) is 5.75 Å². The second-order valence-electron chi connectivity index (χ2n) is 5.84. The summed E-state index contributed by atoms with van der Waals surface area (Å²) < 4.78 is 11.9. The maximum atomic E-state index is 10.8. The molecule has 3 rings (SSSR count). The molecule has 0 bridgehead atoms. The lowest BCUT2D eigenvalue weighted by Gasteiger charge is -2.38. The van der Waals surface area contributed by atoms with Crippen molar-refractivity contribution < 1.29 is 14.4 Å². The highest BCUT2D eigenvalue weighted by molar-refractivity contribution is 6.32. The zero-order chi connectivity index (χ0) is 14.9. The second-order valence-corrected chi connectivity index (χ2v) is 6.25. The molecule has 1 aliphatic carbocycles. The first-order valence-corrected chi connectivity index (χ1v) is 7.70. The monoisotopic (exact) mass is 311 g/mol. The molecule has 1 atom stereocenters. The third-order valence-electron chi connectivity index (χ3n) is 4.38. The minimum absolute atomic E-state index is 0.00274. The molecular formula is C15H18ClNO4. The SMILES string of the molecule is O=[N+]([O-])c1ccc(Cl)c(OC2CCOC3(CCCC3)C2)c1. The molecule has 114 valence electrons. The number of rotatable bonds is 3. The van der Waals surface area contributed by atoms with Crippen LogP contribution in [0.15, 0.2) is 18.2 Å². The van der Waals surface area contributed by atoms with E-state index in [1.165, 1.54) is 31.0 Å². The summed E-state index contributed by atoms with van der Waals surface area (Å²) >= 11 is 6.09. The van der Waals surface area contributed by atoms with Gasteiger partial charge in [0.05, 0.1) is 28.2 Å². The van der Waals surface area contributed by atoms with Crippen LogP contribution in [0.5, 0.6) is 5.75 Å². The summed E-state index contributed by atoms with van der Waals surface area (Å²) in [5.74, 6) is 0.394. The molecule has 5 nitrogen and oxygen atoms in total. The highest BCUT2D eigenvalue weighted by Crippen LogP contribution is 2.41. The molecule has 1 saturated heterocycles. The Labute approximate surface area is 128 Å². The molecule has 0 aromatic heterocycles. The standard InChI is InChI=1S/C15H18ClNO4/c16-13-4-3-11(17(18)19)9-14(13)21-12-5-8-20-15(10-12)6-1-2-7-15/h3-4,9,12H,1-2,5-8,10H2. The van der Waals surface area contributed by atoms with Crippen LogP contribution in [0, 0.1) is 10.1 Å². The molecule has 2 aliphatic rings. The van der Waals surface area contributed by atoms with E-state index in [9.17, 15) is 10.1 Å². The van der Waals surface area contributed by atoms with Crippen LogP contribution < -0.4 is 4.74 Å². The van der Waals surface area contributed by atoms with Crippen LogP contribution in [0.25, 0.3) is 0 Å². The van der Waals surface area contributed by atoms with E-state index in [0.717, 1.165) is 25.7 Å². The molecule has 0 radical (unpaired) electrons. The number of non-ortho nitro benzene ring substituents is 1. The maximum Gasteiger partial charge on any atom is 0.273 e. The van der Waals surface area contributed by atoms with Crippen molar-refractivity contribution in [1.82, 2.24) is 0 Å². The van der Waals surface area contributed by atoms with Crippen molar-refractivity contribution in [2.24, 2.45) is 0 Å². The van der Waals surface area contributed by atoms with Gasteiger partial charge in [0.15, 0.2) is 0 Å². The second kappa shape index (κ2) is 5.81. The number of nitrogens with zero attached hydrogens (tertiary/aromatic N) is 1. The van der Waals surface area contributed by atoms with Gasteiger partial charge in [-0.05, 0) is 18.9 Å². The molecular weight excluding hydrogens is 294 g/mol. The fourth-order valence-electron chi connectivity index (χ4n) is 3.33. The summed E-state index contributed by atoms with van der Waals surface area (Å²) in [5, 5.41) is 11.3. The fourth-order valence-corrected chi connectivity index (χ4v) is 3.49. The summed E-state index contributed by atoms with van der Waals surface area (Å²) in [6.07, 6.45) is 6.20. The predicted octanol–water partition coefficient (Wildman–Crippen LogP) is 4.12. The maximum absolute atomic E-state index is 10.8. The van der Waals surface area contributed by atoms with Gasteiger partial charge in [-0.2, -0.15) is 0 Å². The number of ether oxygens (including phenoxy) is 2. The average Bonchev–Trinajstić information content (AvgIpc) is 2.89. The third-order valence-corrected chi connectivity index (χ3v) is 4.69.